The molecule has 2 aliphatic heterocycles. The van der Waals surface area contributed by atoms with E-state index in [1.165, 1.54) is 11.3 Å². The lowest BCUT2D eigenvalue weighted by Crippen LogP contribution is -2.39. The Bertz CT molecular complexity index is 1150. The number of aromatic nitrogens is 4. The summed E-state index contributed by atoms with van der Waals surface area (Å²) >= 11 is 0. The Kier molecular flexibility index (Phi) is 5.41. The van der Waals surface area contributed by atoms with Gasteiger partial charge >= 0.3 is 0 Å². The third kappa shape index (κ3) is 3.66. The molecule has 0 saturated carbocycles. The fraction of sp³-hybridized carbons (Fsp3) is 0.542. The van der Waals surface area contributed by atoms with Crippen LogP contribution >= 0.6 is 0 Å². The smallest absolute Gasteiger partial charge is 0.272 e. The van der Waals surface area contributed by atoms with Crippen molar-refractivity contribution in [3.63, 3.8) is 0 Å². The van der Waals surface area contributed by atoms with E-state index in [2.05, 4.69) is 42.2 Å². The highest BCUT2D eigenvalue weighted by atomic mass is 16.2. The van der Waals surface area contributed by atoms with Crippen LogP contribution in [-0.4, -0.2) is 55.9 Å². The lowest BCUT2D eigenvalue weighted by molar-refractivity contribution is 0.0594. The van der Waals surface area contributed by atoms with Gasteiger partial charge in [-0.15, -0.1) is 0 Å². The van der Waals surface area contributed by atoms with Crippen LogP contribution in [0.25, 0.3) is 5.52 Å². The van der Waals surface area contributed by atoms with Gasteiger partial charge in [0.1, 0.15) is 5.69 Å². The molecule has 2 fully saturated rings. The predicted molar refractivity (Wildman–Crippen MR) is 125 cm³/mol. The molecule has 0 aromatic carbocycles. The minimum atomic E-state index is -0.0138. The number of carbonyl (C=O) groups is 1. The van der Waals surface area contributed by atoms with E-state index in [0.717, 1.165) is 68.6 Å². The van der Waals surface area contributed by atoms with Crippen molar-refractivity contribution in [3.8, 4) is 0 Å². The Hall–Kier alpha value is -2.87. The maximum atomic E-state index is 13.5. The number of anilines is 1. The highest BCUT2D eigenvalue weighted by Crippen LogP contribution is 2.33. The first-order valence-corrected chi connectivity index (χ1v) is 11.8. The molecule has 170 valence electrons. The lowest BCUT2D eigenvalue weighted by Gasteiger charge is -2.34. The molecule has 0 aliphatic carbocycles. The van der Waals surface area contributed by atoms with Gasteiger partial charge in [-0.2, -0.15) is 10.2 Å². The summed E-state index contributed by atoms with van der Waals surface area (Å²) < 4.78 is 3.67. The van der Waals surface area contributed by atoms with Crippen LogP contribution < -0.4 is 10.6 Å². The van der Waals surface area contributed by atoms with Crippen LogP contribution in [0.2, 0.25) is 0 Å². The van der Waals surface area contributed by atoms with E-state index < -0.39 is 0 Å². The molecule has 0 bridgehead atoms. The number of piperidine rings is 1. The summed E-state index contributed by atoms with van der Waals surface area (Å²) in [7, 11) is 1.85. The third-order valence-electron chi connectivity index (χ3n) is 6.97. The van der Waals surface area contributed by atoms with Gasteiger partial charge in [-0.3, -0.25) is 9.48 Å². The van der Waals surface area contributed by atoms with Gasteiger partial charge in [0.05, 0.1) is 22.9 Å². The van der Waals surface area contributed by atoms with Crippen LogP contribution in [0.5, 0.6) is 0 Å². The van der Waals surface area contributed by atoms with E-state index in [1.54, 1.807) is 4.68 Å². The zero-order valence-corrected chi connectivity index (χ0v) is 19.3. The number of fused-ring (bicyclic) bond motifs is 1. The van der Waals surface area contributed by atoms with Crippen molar-refractivity contribution < 1.29 is 4.79 Å². The number of nitrogens with two attached hydrogens (primary N) is 1. The van der Waals surface area contributed by atoms with Crippen molar-refractivity contribution in [3.05, 3.63) is 47.0 Å². The summed E-state index contributed by atoms with van der Waals surface area (Å²) in [6, 6.07) is 6.52. The summed E-state index contributed by atoms with van der Waals surface area (Å²) in [6.07, 6.45) is 7.00. The average Bonchev–Trinajstić information content (AvgIpc) is 3.50. The number of nitrogens with zero attached hydrogens (tertiary/aromatic N) is 6. The maximum absolute atomic E-state index is 13.5. The van der Waals surface area contributed by atoms with Crippen molar-refractivity contribution in [2.24, 2.45) is 12.8 Å². The van der Waals surface area contributed by atoms with Crippen molar-refractivity contribution in [1.29, 1.82) is 0 Å². The minimum Gasteiger partial charge on any atom is -0.370 e. The average molecular weight is 436 g/mol. The Morgan fingerprint density at radius 1 is 1.16 bits per heavy atom. The van der Waals surface area contributed by atoms with Crippen LogP contribution in [0.1, 0.15) is 66.1 Å². The van der Waals surface area contributed by atoms with Crippen molar-refractivity contribution in [2.45, 2.75) is 58.0 Å². The van der Waals surface area contributed by atoms with E-state index in [1.807, 2.05) is 22.5 Å². The van der Waals surface area contributed by atoms with E-state index >= 15 is 0 Å². The number of pyridine rings is 1. The number of hydrogen-bond acceptors (Lipinski definition) is 5. The molecule has 2 atom stereocenters. The Labute approximate surface area is 189 Å². The number of likely N-dealkylation sites (tertiary alicyclic amines) is 1. The fourth-order valence-electron chi connectivity index (χ4n) is 5.18. The molecule has 0 radical (unpaired) electrons. The van der Waals surface area contributed by atoms with Gasteiger partial charge in [-0.05, 0) is 62.8 Å². The van der Waals surface area contributed by atoms with Crippen LogP contribution in [0, 0.1) is 6.92 Å². The fourth-order valence-corrected chi connectivity index (χ4v) is 5.18. The molecule has 5 rings (SSSR count). The second-order valence-corrected chi connectivity index (χ2v) is 9.28. The first-order chi connectivity index (χ1) is 15.4. The predicted octanol–water partition coefficient (Wildman–Crippen LogP) is 2.84. The number of hydrogen-bond donors (Lipinski definition) is 1. The van der Waals surface area contributed by atoms with E-state index in [0.29, 0.717) is 5.69 Å². The first-order valence-electron chi connectivity index (χ1n) is 11.8. The number of rotatable bonds is 4. The molecule has 0 spiro atoms. The normalized spacial score (nSPS) is 21.6. The van der Waals surface area contributed by atoms with Gasteiger partial charge < -0.3 is 15.5 Å². The minimum absolute atomic E-state index is 0.0138. The van der Waals surface area contributed by atoms with Gasteiger partial charge in [0.2, 0.25) is 0 Å². The highest BCUT2D eigenvalue weighted by molar-refractivity contribution is 5.93. The molecule has 32 heavy (non-hydrogen) atoms. The topological polar surface area (TPSA) is 84.7 Å². The quantitative estimate of drug-likeness (QED) is 0.681. The molecule has 8 nitrogen and oxygen atoms in total. The maximum Gasteiger partial charge on any atom is 0.272 e. The molecule has 2 aliphatic rings. The molecule has 2 N–H and O–H groups in total. The Morgan fingerprint density at radius 2 is 2.00 bits per heavy atom. The molecule has 2 saturated heterocycles. The highest BCUT2D eigenvalue weighted by Gasteiger charge is 2.32. The van der Waals surface area contributed by atoms with Crippen LogP contribution in [0.15, 0.2) is 24.4 Å². The van der Waals surface area contributed by atoms with Gasteiger partial charge in [0, 0.05) is 44.6 Å². The molecule has 3 aromatic heterocycles. The second kappa shape index (κ2) is 8.24. The molecular weight excluding hydrogens is 402 g/mol. The Balaban J connectivity index is 1.47. The molecular formula is C24H33N7O. The number of carbonyl (C=O) groups excluding carboxylic acids is 1. The summed E-state index contributed by atoms with van der Waals surface area (Å²) in [5.41, 5.74) is 12.2. The van der Waals surface area contributed by atoms with E-state index in [4.69, 9.17) is 10.8 Å². The van der Waals surface area contributed by atoms with Crippen molar-refractivity contribution in [1.82, 2.24) is 24.3 Å². The van der Waals surface area contributed by atoms with Gasteiger partial charge in [0.25, 0.3) is 5.91 Å². The standard InChI is InChI=1S/C24H33N7O/c1-4-18-11-23(28(3)26-18)24(32)30-9-6-5-7-21(30)20-12-19-13-22(16(2)14-31(19)27-20)29-10-8-17(25)15-29/h11-14,17,21H,4-10,15,25H2,1-3H3/t17-,21-/m0/s1. The van der Waals surface area contributed by atoms with Gasteiger partial charge in [-0.25, -0.2) is 4.52 Å². The van der Waals surface area contributed by atoms with Crippen LogP contribution in [-0.2, 0) is 13.5 Å². The van der Waals surface area contributed by atoms with Crippen molar-refractivity contribution >= 4 is 17.1 Å². The van der Waals surface area contributed by atoms with Crippen LogP contribution in [0.4, 0.5) is 5.69 Å². The van der Waals surface area contributed by atoms with Gasteiger partial charge in [0.15, 0.2) is 0 Å². The SMILES string of the molecule is CCc1cc(C(=O)N2CCCC[C@H]2c2cc3cc(N4CC[C@H](N)C4)c(C)cn3n2)n(C)n1. The molecule has 0 unspecified atom stereocenters. The second-order valence-electron chi connectivity index (χ2n) is 9.28. The number of aryl methyl sites for hydroxylation is 3. The lowest BCUT2D eigenvalue weighted by atomic mass is 9.98. The van der Waals surface area contributed by atoms with Gasteiger partial charge in [-0.1, -0.05) is 6.92 Å². The Morgan fingerprint density at radius 3 is 2.72 bits per heavy atom. The van der Waals surface area contributed by atoms with Crippen molar-refractivity contribution in [2.75, 3.05) is 24.5 Å². The zero-order chi connectivity index (χ0) is 22.4. The summed E-state index contributed by atoms with van der Waals surface area (Å²) in [4.78, 5) is 17.8. The van der Waals surface area contributed by atoms with Crippen LogP contribution in [0.3, 0.4) is 0 Å². The molecule has 3 aromatic rings. The summed E-state index contributed by atoms with van der Waals surface area (Å²) in [5, 5.41) is 9.38. The van der Waals surface area contributed by atoms with E-state index in [9.17, 15) is 4.79 Å². The van der Waals surface area contributed by atoms with E-state index in [-0.39, 0.29) is 18.0 Å². The summed E-state index contributed by atoms with van der Waals surface area (Å²) in [6.45, 7) is 6.83. The first kappa shape index (κ1) is 21.0. The molecule has 8 heteroatoms. The number of amides is 1. The zero-order valence-electron chi connectivity index (χ0n) is 19.3. The molecule has 1 amide bonds. The molecule has 5 heterocycles. The third-order valence-corrected chi connectivity index (χ3v) is 6.97. The monoisotopic (exact) mass is 435 g/mol. The largest absolute Gasteiger partial charge is 0.370 e. The summed E-state index contributed by atoms with van der Waals surface area (Å²) in [5.74, 6) is 0.0457.